The molecular weight excluding hydrogens is 314 g/mol. The van der Waals surface area contributed by atoms with E-state index in [1.165, 1.54) is 5.56 Å². The molecular formula is C21H27NO3. The second-order valence-electron chi connectivity index (χ2n) is 6.37. The van der Waals surface area contributed by atoms with E-state index in [1.807, 2.05) is 57.2 Å². The van der Waals surface area contributed by atoms with Crippen molar-refractivity contribution >= 4 is 5.91 Å². The molecule has 0 saturated carbocycles. The molecule has 0 bridgehead atoms. The Hall–Kier alpha value is -2.49. The van der Waals surface area contributed by atoms with Crippen molar-refractivity contribution in [2.75, 3.05) is 13.2 Å². The van der Waals surface area contributed by atoms with Gasteiger partial charge in [-0.2, -0.15) is 0 Å². The standard InChI is InChI=1S/C21H27NO3/c1-16(2)25-19-11-9-18(10-12-19)7-5-13-22-21(23)15-24-20-8-4-6-17(3)14-20/h4,6,8-12,14,16H,5,7,13,15H2,1-3H3,(H,22,23). The lowest BCUT2D eigenvalue weighted by Gasteiger charge is -2.10. The number of carbonyl (C=O) groups excluding carboxylic acids is 1. The Morgan fingerprint density at radius 2 is 1.84 bits per heavy atom. The first-order valence-corrected chi connectivity index (χ1v) is 8.74. The van der Waals surface area contributed by atoms with Gasteiger partial charge in [-0.1, -0.05) is 24.3 Å². The SMILES string of the molecule is Cc1cccc(OCC(=O)NCCCc2ccc(OC(C)C)cc2)c1. The van der Waals surface area contributed by atoms with Crippen LogP contribution < -0.4 is 14.8 Å². The molecule has 2 aromatic carbocycles. The van der Waals surface area contributed by atoms with Gasteiger partial charge in [-0.3, -0.25) is 4.79 Å². The summed E-state index contributed by atoms with van der Waals surface area (Å²) in [6, 6.07) is 15.8. The van der Waals surface area contributed by atoms with Gasteiger partial charge in [-0.05, 0) is 69.0 Å². The van der Waals surface area contributed by atoms with Gasteiger partial charge >= 0.3 is 0 Å². The van der Waals surface area contributed by atoms with Crippen LogP contribution in [0.2, 0.25) is 0 Å². The topological polar surface area (TPSA) is 47.6 Å². The van der Waals surface area contributed by atoms with Crippen molar-refractivity contribution in [3.63, 3.8) is 0 Å². The van der Waals surface area contributed by atoms with E-state index < -0.39 is 0 Å². The Morgan fingerprint density at radius 1 is 1.08 bits per heavy atom. The molecule has 0 aliphatic rings. The first-order valence-electron chi connectivity index (χ1n) is 8.74. The van der Waals surface area contributed by atoms with Crippen LogP contribution in [0.5, 0.6) is 11.5 Å². The summed E-state index contributed by atoms with van der Waals surface area (Å²) in [5.74, 6) is 1.52. The number of carbonyl (C=O) groups is 1. The summed E-state index contributed by atoms with van der Waals surface area (Å²) >= 11 is 0. The first-order chi connectivity index (χ1) is 12.0. The zero-order chi connectivity index (χ0) is 18.1. The van der Waals surface area contributed by atoms with E-state index >= 15 is 0 Å². The molecule has 4 heteroatoms. The third-order valence-corrected chi connectivity index (χ3v) is 3.62. The number of amides is 1. The van der Waals surface area contributed by atoms with Gasteiger partial charge in [0.2, 0.25) is 0 Å². The number of hydrogen-bond donors (Lipinski definition) is 1. The van der Waals surface area contributed by atoms with E-state index in [2.05, 4.69) is 17.4 Å². The van der Waals surface area contributed by atoms with Crippen molar-refractivity contribution in [1.82, 2.24) is 5.32 Å². The van der Waals surface area contributed by atoms with Gasteiger partial charge < -0.3 is 14.8 Å². The summed E-state index contributed by atoms with van der Waals surface area (Å²) in [5, 5.41) is 2.89. The quantitative estimate of drug-likeness (QED) is 0.704. The molecule has 0 radical (unpaired) electrons. The molecule has 2 rings (SSSR count). The molecule has 0 fully saturated rings. The largest absolute Gasteiger partial charge is 0.491 e. The molecule has 0 aliphatic carbocycles. The molecule has 0 atom stereocenters. The van der Waals surface area contributed by atoms with Gasteiger partial charge in [-0.15, -0.1) is 0 Å². The molecule has 0 aromatic heterocycles. The minimum atomic E-state index is -0.0952. The Balaban J connectivity index is 1.62. The molecule has 25 heavy (non-hydrogen) atoms. The van der Waals surface area contributed by atoms with Gasteiger partial charge in [0, 0.05) is 6.54 Å². The molecule has 2 aromatic rings. The lowest BCUT2D eigenvalue weighted by Crippen LogP contribution is -2.29. The molecule has 0 saturated heterocycles. The fourth-order valence-corrected chi connectivity index (χ4v) is 2.43. The van der Waals surface area contributed by atoms with E-state index in [1.54, 1.807) is 0 Å². The summed E-state index contributed by atoms with van der Waals surface area (Å²) in [4.78, 5) is 11.8. The fourth-order valence-electron chi connectivity index (χ4n) is 2.43. The second kappa shape index (κ2) is 9.72. The summed E-state index contributed by atoms with van der Waals surface area (Å²) in [7, 11) is 0. The lowest BCUT2D eigenvalue weighted by atomic mass is 10.1. The van der Waals surface area contributed by atoms with Crippen molar-refractivity contribution in [3.05, 3.63) is 59.7 Å². The predicted octanol–water partition coefficient (Wildman–Crippen LogP) is 3.91. The van der Waals surface area contributed by atoms with E-state index in [0.717, 1.165) is 29.9 Å². The van der Waals surface area contributed by atoms with Gasteiger partial charge in [0.1, 0.15) is 11.5 Å². The number of nitrogens with one attached hydrogen (secondary N) is 1. The van der Waals surface area contributed by atoms with Crippen LogP contribution >= 0.6 is 0 Å². The Kier molecular flexibility index (Phi) is 7.33. The third kappa shape index (κ3) is 7.29. The minimum Gasteiger partial charge on any atom is -0.491 e. The Bertz CT molecular complexity index is 665. The van der Waals surface area contributed by atoms with Crippen molar-refractivity contribution in [2.45, 2.75) is 39.7 Å². The summed E-state index contributed by atoms with van der Waals surface area (Å²) in [6.07, 6.45) is 1.99. The minimum absolute atomic E-state index is 0.0463. The van der Waals surface area contributed by atoms with Gasteiger partial charge in [0.15, 0.2) is 6.61 Å². The average Bonchev–Trinajstić information content (AvgIpc) is 2.58. The van der Waals surface area contributed by atoms with Crippen molar-refractivity contribution < 1.29 is 14.3 Å². The van der Waals surface area contributed by atoms with Crippen LogP contribution in [-0.4, -0.2) is 25.2 Å². The molecule has 1 amide bonds. The fraction of sp³-hybridized carbons (Fsp3) is 0.381. The molecule has 0 aliphatic heterocycles. The van der Waals surface area contributed by atoms with Gasteiger partial charge in [0.05, 0.1) is 6.10 Å². The monoisotopic (exact) mass is 341 g/mol. The van der Waals surface area contributed by atoms with Crippen LogP contribution in [0.3, 0.4) is 0 Å². The van der Waals surface area contributed by atoms with Crippen molar-refractivity contribution in [1.29, 1.82) is 0 Å². The highest BCUT2D eigenvalue weighted by atomic mass is 16.5. The molecule has 4 nitrogen and oxygen atoms in total. The average molecular weight is 341 g/mol. The lowest BCUT2D eigenvalue weighted by molar-refractivity contribution is -0.123. The summed E-state index contributed by atoms with van der Waals surface area (Å²) < 4.78 is 11.1. The van der Waals surface area contributed by atoms with Gasteiger partial charge in [-0.25, -0.2) is 0 Å². The van der Waals surface area contributed by atoms with E-state index in [4.69, 9.17) is 9.47 Å². The molecule has 1 N–H and O–H groups in total. The Morgan fingerprint density at radius 3 is 2.52 bits per heavy atom. The highest BCUT2D eigenvalue weighted by Crippen LogP contribution is 2.15. The van der Waals surface area contributed by atoms with Crippen LogP contribution in [0.15, 0.2) is 48.5 Å². The number of hydrogen-bond acceptors (Lipinski definition) is 3. The summed E-state index contributed by atoms with van der Waals surface area (Å²) in [6.45, 7) is 6.71. The van der Waals surface area contributed by atoms with Gasteiger partial charge in [0.25, 0.3) is 5.91 Å². The highest BCUT2D eigenvalue weighted by molar-refractivity contribution is 5.77. The van der Waals surface area contributed by atoms with Crippen LogP contribution in [0, 0.1) is 6.92 Å². The van der Waals surface area contributed by atoms with Crippen LogP contribution in [0.25, 0.3) is 0 Å². The second-order valence-corrected chi connectivity index (χ2v) is 6.37. The Labute approximate surface area is 150 Å². The molecule has 0 heterocycles. The summed E-state index contributed by atoms with van der Waals surface area (Å²) in [5.41, 5.74) is 2.35. The first kappa shape index (κ1) is 18.8. The van der Waals surface area contributed by atoms with Crippen molar-refractivity contribution in [2.24, 2.45) is 0 Å². The van der Waals surface area contributed by atoms with E-state index in [-0.39, 0.29) is 18.6 Å². The normalized spacial score (nSPS) is 10.6. The molecule has 0 unspecified atom stereocenters. The van der Waals surface area contributed by atoms with Crippen molar-refractivity contribution in [3.8, 4) is 11.5 Å². The van der Waals surface area contributed by atoms with Crippen LogP contribution in [-0.2, 0) is 11.2 Å². The van der Waals surface area contributed by atoms with Crippen LogP contribution in [0.4, 0.5) is 0 Å². The number of aryl methyl sites for hydroxylation is 2. The zero-order valence-electron chi connectivity index (χ0n) is 15.2. The maximum Gasteiger partial charge on any atom is 0.257 e. The highest BCUT2D eigenvalue weighted by Gasteiger charge is 2.03. The third-order valence-electron chi connectivity index (χ3n) is 3.62. The number of benzene rings is 2. The smallest absolute Gasteiger partial charge is 0.257 e. The maximum absolute atomic E-state index is 11.8. The number of ether oxygens (including phenoxy) is 2. The zero-order valence-corrected chi connectivity index (χ0v) is 15.2. The van der Waals surface area contributed by atoms with Crippen LogP contribution in [0.1, 0.15) is 31.4 Å². The number of rotatable bonds is 9. The predicted molar refractivity (Wildman–Crippen MR) is 100 cm³/mol. The van der Waals surface area contributed by atoms with E-state index in [0.29, 0.717) is 6.54 Å². The molecule has 134 valence electrons. The van der Waals surface area contributed by atoms with E-state index in [9.17, 15) is 4.79 Å². The maximum atomic E-state index is 11.8. The molecule has 0 spiro atoms.